The zero-order valence-electron chi connectivity index (χ0n) is 21.8. The average Bonchev–Trinajstić information content (AvgIpc) is 3.23. The van der Waals surface area contributed by atoms with E-state index in [1.54, 1.807) is 13.8 Å². The molecule has 4 N–H and O–H groups in total. The summed E-state index contributed by atoms with van der Waals surface area (Å²) in [6.45, 7) is 3.54. The molecule has 0 radical (unpaired) electrons. The van der Waals surface area contributed by atoms with Crippen LogP contribution in [-0.4, -0.2) is 67.7 Å². The quantitative estimate of drug-likeness (QED) is 0.154. The van der Waals surface area contributed by atoms with Gasteiger partial charge in [0.2, 0.25) is 5.96 Å². The van der Waals surface area contributed by atoms with Crippen molar-refractivity contribution < 1.29 is 38.5 Å². The monoisotopic (exact) mass is 540 g/mol. The average molecular weight is 541 g/mol. The first-order valence-electron chi connectivity index (χ1n) is 12.6. The molecule has 12 nitrogen and oxygen atoms in total. The molecule has 2 aromatic rings. The Balaban J connectivity index is 1.53. The standard InChI is InChI=1S/C27H32N4O8/c1-3-37-26(35)30-24(31-27(36)38-4-2)28-15-9-14-22(23(32)33)29-25(34)39-16-21-19-12-7-5-10-17(19)18-11-6-8-13-20(18)21/h5-8,10-13,21-22H,3-4,9,14-16H2,1-2H3,(H,29,34)(H,32,33)(H2,28,30,31,35,36)/t22-/m0/s1. The van der Waals surface area contributed by atoms with Crippen molar-refractivity contribution in [3.05, 3.63) is 59.7 Å². The number of carbonyl (C=O) groups is 4. The van der Waals surface area contributed by atoms with E-state index in [0.29, 0.717) is 0 Å². The van der Waals surface area contributed by atoms with Gasteiger partial charge in [0.15, 0.2) is 0 Å². The fourth-order valence-electron chi connectivity index (χ4n) is 4.16. The Hall–Kier alpha value is -4.61. The van der Waals surface area contributed by atoms with Crippen LogP contribution in [0.1, 0.15) is 43.7 Å². The third-order valence-electron chi connectivity index (χ3n) is 5.85. The van der Waals surface area contributed by atoms with E-state index in [-0.39, 0.29) is 51.1 Å². The lowest BCUT2D eigenvalue weighted by molar-refractivity contribution is -0.139. The second kappa shape index (κ2) is 14.4. The number of nitrogens with zero attached hydrogens (tertiary/aromatic N) is 1. The van der Waals surface area contributed by atoms with Crippen LogP contribution in [0.4, 0.5) is 14.4 Å². The maximum absolute atomic E-state index is 12.5. The van der Waals surface area contributed by atoms with Crippen molar-refractivity contribution >= 4 is 30.2 Å². The largest absolute Gasteiger partial charge is 0.480 e. The first-order chi connectivity index (χ1) is 18.8. The number of aliphatic carboxylic acids is 1. The minimum Gasteiger partial charge on any atom is -0.480 e. The Morgan fingerprint density at radius 2 is 1.38 bits per heavy atom. The normalized spacial score (nSPS) is 12.3. The summed E-state index contributed by atoms with van der Waals surface area (Å²) >= 11 is 0. The molecule has 0 spiro atoms. The van der Waals surface area contributed by atoms with Crippen molar-refractivity contribution in [2.75, 3.05) is 26.4 Å². The molecule has 0 unspecified atom stereocenters. The predicted octanol–water partition coefficient (Wildman–Crippen LogP) is 3.61. The molecule has 0 aromatic heterocycles. The van der Waals surface area contributed by atoms with Crippen molar-refractivity contribution in [3.63, 3.8) is 0 Å². The summed E-state index contributed by atoms with van der Waals surface area (Å²) in [4.78, 5) is 51.7. The highest BCUT2D eigenvalue weighted by molar-refractivity contribution is 6.01. The Labute approximate surface area is 225 Å². The second-order valence-electron chi connectivity index (χ2n) is 8.42. The van der Waals surface area contributed by atoms with Crippen LogP contribution in [0.5, 0.6) is 0 Å². The summed E-state index contributed by atoms with van der Waals surface area (Å²) in [6.07, 6.45) is -2.27. The smallest absolute Gasteiger partial charge is 0.413 e. The van der Waals surface area contributed by atoms with Gasteiger partial charge in [0.25, 0.3) is 0 Å². The van der Waals surface area contributed by atoms with E-state index >= 15 is 0 Å². The summed E-state index contributed by atoms with van der Waals surface area (Å²) in [5.74, 6) is -1.59. The van der Waals surface area contributed by atoms with Crippen molar-refractivity contribution in [2.45, 2.75) is 38.6 Å². The number of carboxylic acid groups (broad SMARTS) is 1. The van der Waals surface area contributed by atoms with E-state index in [4.69, 9.17) is 14.2 Å². The fourth-order valence-corrected chi connectivity index (χ4v) is 4.16. The van der Waals surface area contributed by atoms with Crippen molar-refractivity contribution in [2.24, 2.45) is 4.99 Å². The molecule has 0 saturated heterocycles. The van der Waals surface area contributed by atoms with Crippen LogP contribution in [0.3, 0.4) is 0 Å². The van der Waals surface area contributed by atoms with Crippen molar-refractivity contribution in [3.8, 4) is 11.1 Å². The van der Waals surface area contributed by atoms with E-state index in [2.05, 4.69) is 20.9 Å². The van der Waals surface area contributed by atoms with Gasteiger partial charge in [-0.2, -0.15) is 0 Å². The lowest BCUT2D eigenvalue weighted by Crippen LogP contribution is -2.44. The number of alkyl carbamates (subject to hydrolysis) is 3. The number of rotatable bonds is 10. The van der Waals surface area contributed by atoms with Gasteiger partial charge in [-0.25, -0.2) is 19.2 Å². The van der Waals surface area contributed by atoms with Crippen LogP contribution in [0.15, 0.2) is 53.5 Å². The van der Waals surface area contributed by atoms with E-state index in [0.717, 1.165) is 22.3 Å². The van der Waals surface area contributed by atoms with Crippen LogP contribution >= 0.6 is 0 Å². The number of benzene rings is 2. The van der Waals surface area contributed by atoms with Crippen molar-refractivity contribution in [1.29, 1.82) is 0 Å². The van der Waals surface area contributed by atoms with Gasteiger partial charge >= 0.3 is 24.2 Å². The van der Waals surface area contributed by atoms with Gasteiger partial charge in [0.1, 0.15) is 12.6 Å². The molecule has 1 aliphatic rings. The number of nitrogens with one attached hydrogen (secondary N) is 3. The zero-order chi connectivity index (χ0) is 28.2. The highest BCUT2D eigenvalue weighted by Crippen LogP contribution is 2.44. The first-order valence-corrected chi connectivity index (χ1v) is 12.6. The van der Waals surface area contributed by atoms with Crippen LogP contribution in [0.25, 0.3) is 11.1 Å². The third kappa shape index (κ3) is 8.19. The summed E-state index contributed by atoms with van der Waals surface area (Å²) < 4.78 is 15.0. The molecule has 3 rings (SSSR count). The molecule has 12 heteroatoms. The van der Waals surface area contributed by atoms with E-state index in [1.807, 2.05) is 48.5 Å². The van der Waals surface area contributed by atoms with Gasteiger partial charge in [-0.05, 0) is 48.9 Å². The molecular formula is C27H32N4O8. The summed E-state index contributed by atoms with van der Waals surface area (Å²) in [6, 6.07) is 14.6. The molecule has 1 atom stereocenters. The maximum Gasteiger partial charge on any atom is 0.413 e. The highest BCUT2D eigenvalue weighted by Gasteiger charge is 2.29. The third-order valence-corrected chi connectivity index (χ3v) is 5.85. The molecule has 0 bridgehead atoms. The van der Waals surface area contributed by atoms with E-state index in [1.165, 1.54) is 0 Å². The van der Waals surface area contributed by atoms with Gasteiger partial charge in [-0.15, -0.1) is 0 Å². The number of guanidine groups is 1. The highest BCUT2D eigenvalue weighted by atomic mass is 16.6. The van der Waals surface area contributed by atoms with Crippen LogP contribution in [0.2, 0.25) is 0 Å². The number of amides is 3. The number of aliphatic imine (C=N–C) groups is 1. The number of carboxylic acids is 1. The van der Waals surface area contributed by atoms with E-state index in [9.17, 15) is 24.3 Å². The molecule has 0 aliphatic heterocycles. The first kappa shape index (κ1) is 29.0. The molecule has 0 fully saturated rings. The predicted molar refractivity (Wildman–Crippen MR) is 141 cm³/mol. The van der Waals surface area contributed by atoms with Gasteiger partial charge < -0.3 is 24.6 Å². The minimum absolute atomic E-state index is 0.0229. The summed E-state index contributed by atoms with van der Waals surface area (Å²) in [7, 11) is 0. The lowest BCUT2D eigenvalue weighted by atomic mass is 9.98. The number of hydrogen-bond acceptors (Lipinski definition) is 8. The number of carbonyl (C=O) groups excluding carboxylic acids is 3. The maximum atomic E-state index is 12.5. The molecule has 1 aliphatic carbocycles. The van der Waals surface area contributed by atoms with Gasteiger partial charge in [-0.3, -0.25) is 15.6 Å². The van der Waals surface area contributed by atoms with Crippen molar-refractivity contribution in [1.82, 2.24) is 16.0 Å². The summed E-state index contributed by atoms with van der Waals surface area (Å²) in [5, 5.41) is 16.5. The van der Waals surface area contributed by atoms with Gasteiger partial charge in [0, 0.05) is 12.5 Å². The number of hydrogen-bond donors (Lipinski definition) is 4. The molecule has 208 valence electrons. The second-order valence-corrected chi connectivity index (χ2v) is 8.42. The molecular weight excluding hydrogens is 508 g/mol. The Morgan fingerprint density at radius 3 is 1.90 bits per heavy atom. The number of ether oxygens (including phenoxy) is 3. The van der Waals surface area contributed by atoms with Gasteiger partial charge in [-0.1, -0.05) is 48.5 Å². The minimum atomic E-state index is -1.23. The molecule has 39 heavy (non-hydrogen) atoms. The molecule has 0 saturated carbocycles. The van der Waals surface area contributed by atoms with Crippen LogP contribution < -0.4 is 16.0 Å². The summed E-state index contributed by atoms with van der Waals surface area (Å²) in [5.41, 5.74) is 4.26. The Kier molecular flexibility index (Phi) is 10.7. The van der Waals surface area contributed by atoms with Gasteiger partial charge in [0.05, 0.1) is 13.2 Å². The van der Waals surface area contributed by atoms with Crippen LogP contribution in [-0.2, 0) is 19.0 Å². The topological polar surface area (TPSA) is 165 Å². The fraction of sp³-hybridized carbons (Fsp3) is 0.370. The lowest BCUT2D eigenvalue weighted by Gasteiger charge is -2.17. The number of fused-ring (bicyclic) bond motifs is 3. The SMILES string of the molecule is CCOC(=O)NC(=NCCC[C@H](NC(=O)OCC1c2ccccc2-c2ccccc21)C(=O)O)NC(=O)OCC. The molecule has 0 heterocycles. The Bertz CT molecular complexity index is 1150. The molecule has 3 amide bonds. The van der Waals surface area contributed by atoms with Crippen LogP contribution in [0, 0.1) is 0 Å². The Morgan fingerprint density at radius 1 is 0.846 bits per heavy atom. The zero-order valence-corrected chi connectivity index (χ0v) is 21.8. The van der Waals surface area contributed by atoms with E-state index < -0.39 is 30.3 Å². The molecule has 2 aromatic carbocycles.